The molecule has 1 aliphatic rings. The van der Waals surface area contributed by atoms with Gasteiger partial charge in [-0.05, 0) is 60.7 Å². The molecule has 6 amide bonds. The summed E-state index contributed by atoms with van der Waals surface area (Å²) < 4.78 is 32.0. The van der Waals surface area contributed by atoms with E-state index in [0.29, 0.717) is 42.0 Å². The zero-order valence-electron chi connectivity index (χ0n) is 37.3. The zero-order chi connectivity index (χ0) is 48.6. The molecular weight excluding hydrogens is 881 g/mol. The third-order valence-electron chi connectivity index (χ3n) is 9.80. The molecule has 4 rings (SSSR count). The second kappa shape index (κ2) is 28.2. The molecule has 5 N–H and O–H groups in total. The summed E-state index contributed by atoms with van der Waals surface area (Å²) in [6, 6.07) is 16.2. The van der Waals surface area contributed by atoms with Crippen LogP contribution in [0.25, 0.3) is 0 Å². The van der Waals surface area contributed by atoms with Gasteiger partial charge in [0.15, 0.2) is 5.78 Å². The lowest BCUT2D eigenvalue weighted by molar-refractivity contribution is -0.384. The number of primary amides is 1. The average Bonchev–Trinajstić information content (AvgIpc) is 3.54. The van der Waals surface area contributed by atoms with Crippen molar-refractivity contribution in [3.05, 3.63) is 99.6 Å². The third kappa shape index (κ3) is 18.5. The Bertz CT molecular complexity index is 2100. The normalized spacial score (nSPS) is 12.9. The number of hydroxylamine groups is 2. The highest BCUT2D eigenvalue weighted by atomic mass is 16.7. The van der Waals surface area contributed by atoms with Gasteiger partial charge in [0.05, 0.1) is 81.6 Å². The Morgan fingerprint density at radius 1 is 0.761 bits per heavy atom. The molecule has 22 nitrogen and oxygen atoms in total. The molecule has 22 heteroatoms. The van der Waals surface area contributed by atoms with Gasteiger partial charge in [0, 0.05) is 43.1 Å². The highest BCUT2D eigenvalue weighted by molar-refractivity contribution is 6.20. The topological polar surface area (TPSA) is 293 Å². The fourth-order valence-electron chi connectivity index (χ4n) is 6.35. The van der Waals surface area contributed by atoms with Gasteiger partial charge in [-0.15, -0.1) is 5.06 Å². The number of fused-ring (bicyclic) bond motifs is 1. The van der Waals surface area contributed by atoms with E-state index in [9.17, 15) is 43.7 Å². The molecule has 0 bridgehead atoms. The Balaban J connectivity index is 1.09. The number of amides is 6. The standard InChI is InChI=1S/C45H56N6O16/c1-30(2)40(49-39(53)17-19-61-20-21-62-22-23-63-24-25-64-26-27-66-50-42(55)36-7-3-4-8-37(36)43(50)56)38(52)28-32(6-5-18-47-44(46)57)41(54)48-33-11-9-31(10-12-33)29-65-45(58)67-35-15-13-34(14-16-35)51(59)60/h3-4,7-16,30,32,40H,5-6,17-29H2,1-2H3,(H,48,54)(H,49,53)(H3,46,47,57)/t32-,40+/m1/s1. The molecular formula is C45H56N6O16. The van der Waals surface area contributed by atoms with Crippen molar-refractivity contribution in [3.63, 3.8) is 0 Å². The van der Waals surface area contributed by atoms with Crippen LogP contribution < -0.4 is 26.4 Å². The number of nitro benzene ring substituents is 1. The largest absolute Gasteiger partial charge is 0.514 e. The maximum atomic E-state index is 13.6. The predicted molar refractivity (Wildman–Crippen MR) is 236 cm³/mol. The van der Waals surface area contributed by atoms with E-state index in [1.807, 2.05) is 0 Å². The zero-order valence-corrected chi connectivity index (χ0v) is 37.3. The molecule has 2 atom stereocenters. The van der Waals surface area contributed by atoms with E-state index >= 15 is 0 Å². The molecule has 67 heavy (non-hydrogen) atoms. The Morgan fingerprint density at radius 2 is 1.33 bits per heavy atom. The number of nitro groups is 1. The van der Waals surface area contributed by atoms with Crippen molar-refractivity contribution in [1.29, 1.82) is 0 Å². The molecule has 0 saturated carbocycles. The molecule has 0 spiro atoms. The van der Waals surface area contributed by atoms with Crippen molar-refractivity contribution in [2.24, 2.45) is 17.6 Å². The highest BCUT2D eigenvalue weighted by Gasteiger charge is 2.36. The number of rotatable bonds is 31. The summed E-state index contributed by atoms with van der Waals surface area (Å²) in [5, 5.41) is 19.6. The fourth-order valence-corrected chi connectivity index (χ4v) is 6.35. The minimum Gasteiger partial charge on any atom is -0.429 e. The first-order valence-electron chi connectivity index (χ1n) is 21.5. The number of urea groups is 1. The average molecular weight is 937 g/mol. The summed E-state index contributed by atoms with van der Waals surface area (Å²) in [5.74, 6) is -3.30. The molecule has 0 unspecified atom stereocenters. The van der Waals surface area contributed by atoms with Crippen molar-refractivity contribution < 1.29 is 71.7 Å². The minimum atomic E-state index is -1.03. The van der Waals surface area contributed by atoms with Gasteiger partial charge in [0.1, 0.15) is 12.4 Å². The predicted octanol–water partition coefficient (Wildman–Crippen LogP) is 4.10. The van der Waals surface area contributed by atoms with E-state index in [1.54, 1.807) is 62.4 Å². The Kier molecular flexibility index (Phi) is 22.2. The van der Waals surface area contributed by atoms with Gasteiger partial charge in [-0.1, -0.05) is 38.1 Å². The number of ether oxygens (including phenoxy) is 6. The van der Waals surface area contributed by atoms with Crippen molar-refractivity contribution in [1.82, 2.24) is 15.7 Å². The number of benzene rings is 3. The van der Waals surface area contributed by atoms with Crippen LogP contribution in [0.1, 0.15) is 65.8 Å². The van der Waals surface area contributed by atoms with Crippen LogP contribution in [-0.2, 0) is 49.5 Å². The monoisotopic (exact) mass is 936 g/mol. The number of non-ortho nitro benzene ring substituents is 1. The van der Waals surface area contributed by atoms with E-state index in [0.717, 1.165) is 5.06 Å². The van der Waals surface area contributed by atoms with Crippen LogP contribution in [0, 0.1) is 22.0 Å². The van der Waals surface area contributed by atoms with E-state index in [2.05, 4.69) is 16.0 Å². The minimum absolute atomic E-state index is 0.00886. The van der Waals surface area contributed by atoms with E-state index < -0.39 is 52.7 Å². The first-order valence-corrected chi connectivity index (χ1v) is 21.5. The molecule has 0 aromatic heterocycles. The Labute approximate surface area is 386 Å². The number of carbonyl (C=O) groups excluding carboxylic acids is 7. The van der Waals surface area contributed by atoms with Crippen LogP contribution in [0.4, 0.5) is 21.0 Å². The summed E-state index contributed by atoms with van der Waals surface area (Å²) in [4.78, 5) is 103. The van der Waals surface area contributed by atoms with E-state index in [-0.39, 0.29) is 102 Å². The number of hydrogen-bond donors (Lipinski definition) is 4. The van der Waals surface area contributed by atoms with Crippen LogP contribution in [0.3, 0.4) is 0 Å². The van der Waals surface area contributed by atoms with Crippen molar-refractivity contribution in [3.8, 4) is 5.75 Å². The molecule has 0 aliphatic carbocycles. The smallest absolute Gasteiger partial charge is 0.429 e. The lowest BCUT2D eigenvalue weighted by Crippen LogP contribution is -2.45. The van der Waals surface area contributed by atoms with Gasteiger partial charge in [0.2, 0.25) is 11.8 Å². The number of nitrogens with one attached hydrogen (secondary N) is 3. The van der Waals surface area contributed by atoms with Crippen LogP contribution in [-0.4, -0.2) is 124 Å². The number of ketones is 1. The number of anilines is 1. The molecule has 362 valence electrons. The number of hydrogen-bond acceptors (Lipinski definition) is 16. The summed E-state index contributed by atoms with van der Waals surface area (Å²) >= 11 is 0. The molecule has 0 radical (unpaired) electrons. The maximum Gasteiger partial charge on any atom is 0.514 e. The van der Waals surface area contributed by atoms with E-state index in [4.69, 9.17) is 39.0 Å². The molecule has 3 aromatic rings. The molecule has 3 aromatic carbocycles. The summed E-state index contributed by atoms with van der Waals surface area (Å²) in [7, 11) is 0. The van der Waals surface area contributed by atoms with Gasteiger partial charge in [-0.2, -0.15) is 0 Å². The van der Waals surface area contributed by atoms with E-state index in [1.165, 1.54) is 24.3 Å². The van der Waals surface area contributed by atoms with Crippen molar-refractivity contribution >= 4 is 53.0 Å². The number of nitrogens with zero attached hydrogens (tertiary/aromatic N) is 2. The molecule has 0 saturated heterocycles. The van der Waals surface area contributed by atoms with Crippen LogP contribution in [0.15, 0.2) is 72.8 Å². The molecule has 1 aliphatic heterocycles. The fraction of sp³-hybridized carbons (Fsp3) is 0.444. The number of Topliss-reactive ketones (excluding diaryl/α,β-unsaturated/α-hetero) is 1. The van der Waals surface area contributed by atoms with Crippen LogP contribution >= 0.6 is 0 Å². The highest BCUT2D eigenvalue weighted by Crippen LogP contribution is 2.23. The summed E-state index contributed by atoms with van der Waals surface area (Å²) in [6.45, 7) is 5.42. The molecule has 1 heterocycles. The lowest BCUT2D eigenvalue weighted by atomic mass is 9.89. The van der Waals surface area contributed by atoms with Crippen LogP contribution in [0.5, 0.6) is 5.75 Å². The van der Waals surface area contributed by atoms with Crippen molar-refractivity contribution in [2.45, 2.75) is 52.2 Å². The Hall–Kier alpha value is -6.85. The molecule has 0 fully saturated rings. The second-order valence-electron chi connectivity index (χ2n) is 15.2. The third-order valence-corrected chi connectivity index (χ3v) is 9.80. The number of carbonyl (C=O) groups is 7. The summed E-state index contributed by atoms with van der Waals surface area (Å²) in [5.41, 5.74) is 6.57. The number of imide groups is 1. The first-order chi connectivity index (χ1) is 32.2. The van der Waals surface area contributed by atoms with Gasteiger partial charge < -0.3 is 50.1 Å². The van der Waals surface area contributed by atoms with Crippen molar-refractivity contribution in [2.75, 3.05) is 71.3 Å². The van der Waals surface area contributed by atoms with Gasteiger partial charge in [-0.25, -0.2) is 9.59 Å². The maximum absolute atomic E-state index is 13.6. The summed E-state index contributed by atoms with van der Waals surface area (Å²) in [6.07, 6.45) is -0.687. The number of nitrogens with two attached hydrogens (primary N) is 1. The first kappa shape index (κ1) is 52.8. The SMILES string of the molecule is CC(C)[C@H](NC(=O)CCOCCOCCOCCOCCON1C(=O)c2ccccc2C1=O)C(=O)C[C@@H](CCCNC(N)=O)C(=O)Nc1ccc(COC(=O)Oc2ccc([N+](=O)[O-])cc2)cc1. The van der Waals surface area contributed by atoms with Crippen LogP contribution in [0.2, 0.25) is 0 Å². The Morgan fingerprint density at radius 3 is 1.88 bits per heavy atom. The van der Waals surface area contributed by atoms with Gasteiger partial charge >= 0.3 is 12.2 Å². The quantitative estimate of drug-likeness (QED) is 0.0176. The van der Waals surface area contributed by atoms with Gasteiger partial charge in [0.25, 0.3) is 17.5 Å². The van der Waals surface area contributed by atoms with Gasteiger partial charge in [-0.3, -0.25) is 38.9 Å². The second-order valence-corrected chi connectivity index (χ2v) is 15.2. The lowest BCUT2D eigenvalue weighted by Gasteiger charge is -2.24.